The van der Waals surface area contributed by atoms with Crippen molar-refractivity contribution in [2.45, 2.75) is 30.6 Å². The molecular formula is C20H23N5O5S. The molecule has 0 radical (unpaired) electrons. The van der Waals surface area contributed by atoms with Crippen molar-refractivity contribution in [3.63, 3.8) is 0 Å². The number of carbonyl (C=O) groups excluding carboxylic acids is 1. The molecule has 3 N–H and O–H groups in total. The number of benzene rings is 1. The SMILES string of the molecule is COc1cnc(C(=O)Nc2ccc3c(c2)[C@]2(CCO3)CS(=O)(=O)C(C)(C)C(=N)N2)cn1. The van der Waals surface area contributed by atoms with E-state index in [1.165, 1.54) is 33.4 Å². The maximum absolute atomic E-state index is 13.0. The summed E-state index contributed by atoms with van der Waals surface area (Å²) in [7, 11) is -2.15. The zero-order chi connectivity index (χ0) is 22.4. The number of hydrogen-bond donors (Lipinski definition) is 3. The minimum Gasteiger partial charge on any atom is -0.493 e. The average molecular weight is 446 g/mol. The Balaban J connectivity index is 1.67. The molecule has 3 heterocycles. The summed E-state index contributed by atoms with van der Waals surface area (Å²) in [5, 5.41) is 14.2. The first-order valence-corrected chi connectivity index (χ1v) is 11.3. The lowest BCUT2D eigenvalue weighted by Crippen LogP contribution is -2.65. The van der Waals surface area contributed by atoms with E-state index in [9.17, 15) is 13.2 Å². The maximum Gasteiger partial charge on any atom is 0.275 e. The topological polar surface area (TPSA) is 143 Å². The first-order chi connectivity index (χ1) is 14.6. The Morgan fingerprint density at radius 2 is 2.06 bits per heavy atom. The molecule has 0 unspecified atom stereocenters. The van der Waals surface area contributed by atoms with Crippen LogP contribution in [0.25, 0.3) is 0 Å². The highest BCUT2D eigenvalue weighted by Gasteiger charge is 2.54. The van der Waals surface area contributed by atoms with Crippen LogP contribution in [0.1, 0.15) is 36.3 Å². The first kappa shape index (κ1) is 21.0. The van der Waals surface area contributed by atoms with Gasteiger partial charge in [0.2, 0.25) is 5.88 Å². The number of amides is 1. The summed E-state index contributed by atoms with van der Waals surface area (Å²) in [4.78, 5) is 20.5. The summed E-state index contributed by atoms with van der Waals surface area (Å²) in [5.74, 6) is 0.101. The number of methoxy groups -OCH3 is 1. The van der Waals surface area contributed by atoms with Crippen molar-refractivity contribution in [3.8, 4) is 11.6 Å². The molecule has 2 aliphatic rings. The van der Waals surface area contributed by atoms with Crippen molar-refractivity contribution in [3.05, 3.63) is 41.9 Å². The van der Waals surface area contributed by atoms with Crippen LogP contribution >= 0.6 is 0 Å². The predicted molar refractivity (Wildman–Crippen MR) is 113 cm³/mol. The van der Waals surface area contributed by atoms with Gasteiger partial charge in [-0.2, -0.15) is 0 Å². The lowest BCUT2D eigenvalue weighted by Gasteiger charge is -2.47. The molecule has 1 fully saturated rings. The van der Waals surface area contributed by atoms with Gasteiger partial charge in [-0.15, -0.1) is 0 Å². The first-order valence-electron chi connectivity index (χ1n) is 9.62. The van der Waals surface area contributed by atoms with E-state index in [0.717, 1.165) is 0 Å². The number of aromatic nitrogens is 2. The Hall–Kier alpha value is -3.21. The fraction of sp³-hybridized carbons (Fsp3) is 0.400. The van der Waals surface area contributed by atoms with Crippen LogP contribution in [0, 0.1) is 5.41 Å². The summed E-state index contributed by atoms with van der Waals surface area (Å²) in [6, 6.07) is 5.03. The van der Waals surface area contributed by atoms with Gasteiger partial charge in [-0.3, -0.25) is 10.2 Å². The molecule has 1 saturated heterocycles. The van der Waals surface area contributed by atoms with E-state index in [1.807, 2.05) is 0 Å². The van der Waals surface area contributed by atoms with Gasteiger partial charge in [-0.1, -0.05) is 0 Å². The second kappa shape index (κ2) is 7.19. The molecule has 1 atom stereocenters. The predicted octanol–water partition coefficient (Wildman–Crippen LogP) is 1.49. The minimum atomic E-state index is -3.61. The normalized spacial score (nSPS) is 23.3. The molecule has 0 bridgehead atoms. The number of carbonyl (C=O) groups is 1. The van der Waals surface area contributed by atoms with Crippen LogP contribution in [0.4, 0.5) is 5.69 Å². The quantitative estimate of drug-likeness (QED) is 0.645. The van der Waals surface area contributed by atoms with Crippen LogP contribution < -0.4 is 20.1 Å². The summed E-state index contributed by atoms with van der Waals surface area (Å²) >= 11 is 0. The van der Waals surface area contributed by atoms with Crippen molar-refractivity contribution in [1.29, 1.82) is 5.41 Å². The number of nitrogens with one attached hydrogen (secondary N) is 3. The molecule has 0 aliphatic carbocycles. The summed E-state index contributed by atoms with van der Waals surface area (Å²) < 4.78 is 35.3. The molecule has 1 amide bonds. The maximum atomic E-state index is 13.0. The Labute approximate surface area is 179 Å². The highest BCUT2D eigenvalue weighted by molar-refractivity contribution is 7.93. The largest absolute Gasteiger partial charge is 0.493 e. The smallest absolute Gasteiger partial charge is 0.275 e. The Morgan fingerprint density at radius 1 is 1.29 bits per heavy atom. The zero-order valence-electron chi connectivity index (χ0n) is 17.4. The molecule has 0 saturated carbocycles. The van der Waals surface area contributed by atoms with Crippen LogP contribution in [-0.4, -0.2) is 54.3 Å². The number of fused-ring (bicyclic) bond motifs is 2. The lowest BCUT2D eigenvalue weighted by molar-refractivity contribution is 0.102. The van der Waals surface area contributed by atoms with E-state index in [0.29, 0.717) is 35.9 Å². The number of amidine groups is 1. The molecule has 164 valence electrons. The molecule has 2 aromatic rings. The number of sulfone groups is 1. The summed E-state index contributed by atoms with van der Waals surface area (Å²) in [5.41, 5.74) is 0.133. The lowest BCUT2D eigenvalue weighted by atomic mass is 9.84. The van der Waals surface area contributed by atoms with E-state index < -0.39 is 26.0 Å². The number of ether oxygens (including phenoxy) is 2. The van der Waals surface area contributed by atoms with Crippen molar-refractivity contribution in [1.82, 2.24) is 15.3 Å². The molecule has 1 aromatic carbocycles. The van der Waals surface area contributed by atoms with E-state index >= 15 is 0 Å². The van der Waals surface area contributed by atoms with Crippen LogP contribution in [0.2, 0.25) is 0 Å². The minimum absolute atomic E-state index is 0.0606. The number of rotatable bonds is 3. The Morgan fingerprint density at radius 3 is 2.71 bits per heavy atom. The standard InChI is InChI=1S/C20H23N5O5S/c1-19(2)18(21)25-20(11-31(19,27)28)6-7-30-15-5-4-12(8-13(15)20)24-17(26)14-9-23-16(29-3)10-22-14/h4-5,8-10H,6-7,11H2,1-3H3,(H2,21,25)(H,24,26)/t20-/m0/s1. The van der Waals surface area contributed by atoms with Crippen LogP contribution in [-0.2, 0) is 15.4 Å². The van der Waals surface area contributed by atoms with Crippen LogP contribution in [0.5, 0.6) is 11.6 Å². The number of anilines is 1. The van der Waals surface area contributed by atoms with Gasteiger partial charge in [0.15, 0.2) is 9.84 Å². The highest BCUT2D eigenvalue weighted by atomic mass is 32.2. The molecule has 4 rings (SSSR count). The van der Waals surface area contributed by atoms with E-state index in [1.54, 1.807) is 18.2 Å². The van der Waals surface area contributed by atoms with E-state index in [2.05, 4.69) is 20.6 Å². The van der Waals surface area contributed by atoms with Gasteiger partial charge < -0.3 is 20.1 Å². The van der Waals surface area contributed by atoms with Crippen molar-refractivity contribution in [2.24, 2.45) is 0 Å². The summed E-state index contributed by atoms with van der Waals surface area (Å²) in [6.45, 7) is 3.37. The molecule has 31 heavy (non-hydrogen) atoms. The Kier molecular flexibility index (Phi) is 4.88. The fourth-order valence-electron chi connectivity index (χ4n) is 3.68. The highest BCUT2D eigenvalue weighted by Crippen LogP contribution is 2.43. The third-order valence-electron chi connectivity index (χ3n) is 5.79. The summed E-state index contributed by atoms with van der Waals surface area (Å²) in [6.07, 6.45) is 3.02. The van der Waals surface area contributed by atoms with Gasteiger partial charge in [-0.25, -0.2) is 18.4 Å². The monoisotopic (exact) mass is 445 g/mol. The van der Waals surface area contributed by atoms with Crippen molar-refractivity contribution >= 4 is 27.3 Å². The second-order valence-corrected chi connectivity index (χ2v) is 10.6. The average Bonchev–Trinajstić information content (AvgIpc) is 2.73. The third kappa shape index (κ3) is 3.48. The van der Waals surface area contributed by atoms with Gasteiger partial charge in [0.1, 0.15) is 22.0 Å². The third-order valence-corrected chi connectivity index (χ3v) is 8.42. The fourth-order valence-corrected chi connectivity index (χ4v) is 5.42. The number of hydrogen-bond acceptors (Lipinski definition) is 8. The number of nitrogens with zero attached hydrogens (tertiary/aromatic N) is 2. The molecule has 1 aromatic heterocycles. The molecule has 2 aliphatic heterocycles. The van der Waals surface area contributed by atoms with Crippen LogP contribution in [0.15, 0.2) is 30.6 Å². The molecular weight excluding hydrogens is 422 g/mol. The zero-order valence-corrected chi connectivity index (χ0v) is 18.2. The molecule has 10 nitrogen and oxygen atoms in total. The second-order valence-electron chi connectivity index (χ2n) is 8.06. The van der Waals surface area contributed by atoms with E-state index in [4.69, 9.17) is 14.9 Å². The van der Waals surface area contributed by atoms with Crippen molar-refractivity contribution in [2.75, 3.05) is 24.8 Å². The van der Waals surface area contributed by atoms with Gasteiger partial charge in [0.25, 0.3) is 5.91 Å². The van der Waals surface area contributed by atoms with Gasteiger partial charge >= 0.3 is 0 Å². The van der Waals surface area contributed by atoms with Gasteiger partial charge in [0, 0.05) is 17.7 Å². The Bertz CT molecular complexity index is 1160. The van der Waals surface area contributed by atoms with Gasteiger partial charge in [0.05, 0.1) is 37.4 Å². The van der Waals surface area contributed by atoms with Gasteiger partial charge in [-0.05, 0) is 32.0 Å². The molecule has 1 spiro atoms. The molecule has 11 heteroatoms. The van der Waals surface area contributed by atoms with Crippen molar-refractivity contribution < 1.29 is 22.7 Å². The van der Waals surface area contributed by atoms with E-state index in [-0.39, 0.29) is 17.3 Å². The van der Waals surface area contributed by atoms with Crippen LogP contribution in [0.3, 0.4) is 0 Å².